The lowest BCUT2D eigenvalue weighted by atomic mass is 10.1. The molecule has 0 aromatic heterocycles. The summed E-state index contributed by atoms with van der Waals surface area (Å²) >= 11 is 0. The topological polar surface area (TPSA) is 75.4 Å². The van der Waals surface area contributed by atoms with Crippen LogP contribution >= 0.6 is 0 Å². The van der Waals surface area contributed by atoms with Gasteiger partial charge in [-0.15, -0.1) is 0 Å². The lowest BCUT2D eigenvalue weighted by Gasteiger charge is -2.20. The first-order valence-corrected chi connectivity index (χ1v) is 4.76. The molecule has 0 bridgehead atoms. The lowest BCUT2D eigenvalue weighted by molar-refractivity contribution is -0.246. The first-order valence-electron chi connectivity index (χ1n) is 4.76. The molecule has 6 nitrogen and oxygen atoms in total. The summed E-state index contributed by atoms with van der Waals surface area (Å²) in [5.41, 5.74) is 1.59. The fraction of sp³-hybridized carbons (Fsp3) is 0.778. The van der Waals surface area contributed by atoms with Gasteiger partial charge in [-0.25, -0.2) is 4.84 Å². The van der Waals surface area contributed by atoms with E-state index in [0.717, 1.165) is 25.8 Å². The van der Waals surface area contributed by atoms with Crippen molar-refractivity contribution in [3.05, 3.63) is 0 Å². The Morgan fingerprint density at radius 3 is 2.60 bits per heavy atom. The number of unbranched alkanes of at least 4 members (excludes halogenated alkanes) is 1. The van der Waals surface area contributed by atoms with Crippen molar-refractivity contribution in [1.29, 1.82) is 0 Å². The van der Waals surface area contributed by atoms with E-state index in [1.807, 2.05) is 0 Å². The molecule has 88 valence electrons. The Morgan fingerprint density at radius 1 is 1.40 bits per heavy atom. The van der Waals surface area contributed by atoms with Crippen LogP contribution in [0.2, 0.25) is 0 Å². The highest BCUT2D eigenvalue weighted by molar-refractivity contribution is 5.24. The largest absolute Gasteiger partial charge is 0.352 e. The van der Waals surface area contributed by atoms with Gasteiger partial charge in [-0.2, -0.15) is 0 Å². The highest BCUT2D eigenvalue weighted by Crippen LogP contribution is 2.11. The summed E-state index contributed by atoms with van der Waals surface area (Å²) in [7, 11) is 1.48. The van der Waals surface area contributed by atoms with Crippen LogP contribution < -0.4 is 5.64 Å². The molecule has 0 aromatic rings. The molecule has 0 aliphatic heterocycles. The predicted molar refractivity (Wildman–Crippen MR) is 58.4 cm³/mol. The van der Waals surface area contributed by atoms with Crippen LogP contribution in [0.25, 0.3) is 0 Å². The zero-order valence-corrected chi connectivity index (χ0v) is 9.06. The summed E-state index contributed by atoms with van der Waals surface area (Å²) in [6.45, 7) is 7.59. The summed E-state index contributed by atoms with van der Waals surface area (Å²) in [6.07, 6.45) is 2.00. The van der Waals surface area contributed by atoms with E-state index in [1.54, 1.807) is 5.64 Å². The first-order chi connectivity index (χ1) is 7.29. The number of aliphatic imine (C=N–C) groups is 2. The van der Waals surface area contributed by atoms with Gasteiger partial charge in [0.1, 0.15) is 6.04 Å². The highest BCUT2D eigenvalue weighted by atomic mass is 16.9. The van der Waals surface area contributed by atoms with E-state index in [2.05, 4.69) is 23.4 Å². The SMILES string of the molecule is C=NCCCCC(N=C)C(OC)ONO. The summed E-state index contributed by atoms with van der Waals surface area (Å²) in [5.74, 6) is 0. The van der Waals surface area contributed by atoms with Crippen LogP contribution in [0.1, 0.15) is 19.3 Å². The van der Waals surface area contributed by atoms with E-state index in [-0.39, 0.29) is 6.04 Å². The minimum absolute atomic E-state index is 0.209. The molecule has 6 heteroatoms. The second-order valence-electron chi connectivity index (χ2n) is 3.01. The number of nitrogens with zero attached hydrogens (tertiary/aromatic N) is 2. The van der Waals surface area contributed by atoms with Gasteiger partial charge >= 0.3 is 0 Å². The first kappa shape index (κ1) is 14.2. The summed E-state index contributed by atoms with van der Waals surface area (Å²) < 4.78 is 4.99. The maximum absolute atomic E-state index is 8.38. The van der Waals surface area contributed by atoms with Crippen molar-refractivity contribution < 1.29 is 14.8 Å². The number of nitrogens with one attached hydrogen (secondary N) is 1. The van der Waals surface area contributed by atoms with Crippen molar-refractivity contribution in [1.82, 2.24) is 5.64 Å². The van der Waals surface area contributed by atoms with E-state index in [1.165, 1.54) is 7.11 Å². The van der Waals surface area contributed by atoms with Crippen LogP contribution in [0.4, 0.5) is 0 Å². The second-order valence-corrected chi connectivity index (χ2v) is 3.01. The number of methoxy groups -OCH3 is 1. The van der Waals surface area contributed by atoms with Gasteiger partial charge in [0.05, 0.1) is 0 Å². The predicted octanol–water partition coefficient (Wildman–Crippen LogP) is 0.809. The van der Waals surface area contributed by atoms with E-state index < -0.39 is 6.29 Å². The van der Waals surface area contributed by atoms with Crippen molar-refractivity contribution in [3.63, 3.8) is 0 Å². The third kappa shape index (κ3) is 6.29. The molecule has 0 aliphatic carbocycles. The standard InChI is InChI=1S/C9H19N3O3/c1-10-7-5-4-6-8(11-2)9(14-3)15-12-13/h8-9,12-13H,1-2,4-7H2,3H3. The average molecular weight is 217 g/mol. The molecule has 0 saturated carbocycles. The van der Waals surface area contributed by atoms with Crippen LogP contribution in [0.15, 0.2) is 9.98 Å². The average Bonchev–Trinajstić information content (AvgIpc) is 2.27. The number of rotatable bonds is 10. The molecule has 15 heavy (non-hydrogen) atoms. The zero-order valence-electron chi connectivity index (χ0n) is 9.06. The molecule has 0 aliphatic rings. The summed E-state index contributed by atoms with van der Waals surface area (Å²) in [4.78, 5) is 12.3. The molecule has 0 amide bonds. The number of hydrogen-bond donors (Lipinski definition) is 2. The van der Waals surface area contributed by atoms with Gasteiger partial charge in [0.25, 0.3) is 0 Å². The van der Waals surface area contributed by atoms with Gasteiger partial charge < -0.3 is 9.73 Å². The van der Waals surface area contributed by atoms with Gasteiger partial charge in [-0.05, 0) is 32.7 Å². The molecule has 2 atom stereocenters. The highest BCUT2D eigenvalue weighted by Gasteiger charge is 2.20. The monoisotopic (exact) mass is 217 g/mol. The molecular formula is C9H19N3O3. The Labute approximate surface area is 89.9 Å². The van der Waals surface area contributed by atoms with E-state index in [9.17, 15) is 0 Å². The van der Waals surface area contributed by atoms with Crippen molar-refractivity contribution in [3.8, 4) is 0 Å². The normalized spacial score (nSPS) is 14.5. The van der Waals surface area contributed by atoms with Gasteiger partial charge in [-0.3, -0.25) is 10.2 Å². The summed E-state index contributed by atoms with van der Waals surface area (Å²) in [6, 6.07) is -0.209. The number of hydrogen-bond acceptors (Lipinski definition) is 6. The van der Waals surface area contributed by atoms with Crippen molar-refractivity contribution in [2.75, 3.05) is 13.7 Å². The van der Waals surface area contributed by atoms with Crippen LogP contribution in [-0.4, -0.2) is 44.6 Å². The van der Waals surface area contributed by atoms with E-state index in [4.69, 9.17) is 14.8 Å². The zero-order chi connectivity index (χ0) is 11.5. The van der Waals surface area contributed by atoms with Crippen LogP contribution in [-0.2, 0) is 9.57 Å². The maximum atomic E-state index is 8.38. The Bertz CT molecular complexity index is 178. The minimum atomic E-state index is -0.635. The molecule has 0 rings (SSSR count). The van der Waals surface area contributed by atoms with E-state index in [0.29, 0.717) is 0 Å². The van der Waals surface area contributed by atoms with Crippen molar-refractivity contribution in [2.45, 2.75) is 31.6 Å². The number of ether oxygens (including phenoxy) is 1. The van der Waals surface area contributed by atoms with E-state index >= 15 is 0 Å². The van der Waals surface area contributed by atoms with Gasteiger partial charge in [0.15, 0.2) is 0 Å². The van der Waals surface area contributed by atoms with Crippen LogP contribution in [0, 0.1) is 0 Å². The Kier molecular flexibility index (Phi) is 9.19. The van der Waals surface area contributed by atoms with Crippen molar-refractivity contribution >= 4 is 13.4 Å². The van der Waals surface area contributed by atoms with Crippen LogP contribution in [0.5, 0.6) is 0 Å². The fourth-order valence-electron chi connectivity index (χ4n) is 1.23. The molecule has 0 fully saturated rings. The van der Waals surface area contributed by atoms with Gasteiger partial charge in [0, 0.05) is 13.7 Å². The molecule has 2 N–H and O–H groups in total. The maximum Gasteiger partial charge on any atom is 0.202 e. The Morgan fingerprint density at radius 2 is 2.13 bits per heavy atom. The van der Waals surface area contributed by atoms with Gasteiger partial charge in [0.2, 0.25) is 6.29 Å². The van der Waals surface area contributed by atoms with Crippen LogP contribution in [0.3, 0.4) is 0 Å². The molecule has 0 radical (unpaired) electrons. The Hall–Kier alpha value is -0.820. The molecule has 0 spiro atoms. The van der Waals surface area contributed by atoms with Gasteiger partial charge in [-0.1, -0.05) is 5.64 Å². The third-order valence-electron chi connectivity index (χ3n) is 2.02. The smallest absolute Gasteiger partial charge is 0.202 e. The minimum Gasteiger partial charge on any atom is -0.352 e. The molecule has 0 heterocycles. The summed E-state index contributed by atoms with van der Waals surface area (Å²) in [5, 5.41) is 8.38. The third-order valence-corrected chi connectivity index (χ3v) is 2.02. The molecular weight excluding hydrogens is 198 g/mol. The molecule has 2 unspecified atom stereocenters. The molecule has 0 aromatic carbocycles. The quantitative estimate of drug-likeness (QED) is 0.246. The lowest BCUT2D eigenvalue weighted by Crippen LogP contribution is -2.33. The Balaban J connectivity index is 3.86. The second kappa shape index (κ2) is 9.72. The molecule has 0 saturated heterocycles. The fourth-order valence-corrected chi connectivity index (χ4v) is 1.23. The van der Waals surface area contributed by atoms with Crippen molar-refractivity contribution in [2.24, 2.45) is 9.98 Å².